The Labute approximate surface area is 119 Å². The number of carbonyl (C=O) groups excluding carboxylic acids is 1. The number of imidazole rings is 1. The second-order valence-corrected chi connectivity index (χ2v) is 4.75. The Balaban J connectivity index is 1.85. The van der Waals surface area contributed by atoms with Crippen molar-refractivity contribution in [1.29, 1.82) is 0 Å². The number of hydrogen-bond acceptors (Lipinski definition) is 3. The molecule has 0 radical (unpaired) electrons. The lowest BCUT2D eigenvalue weighted by Crippen LogP contribution is -2.12. The van der Waals surface area contributed by atoms with E-state index in [0.717, 1.165) is 29.8 Å². The Hall–Kier alpha value is -2.10. The highest BCUT2D eigenvalue weighted by molar-refractivity contribution is 5.78. The van der Waals surface area contributed by atoms with Gasteiger partial charge in [-0.2, -0.15) is 0 Å². The molecule has 0 unspecified atom stereocenters. The van der Waals surface area contributed by atoms with Crippen molar-refractivity contribution in [1.82, 2.24) is 9.55 Å². The summed E-state index contributed by atoms with van der Waals surface area (Å²) in [6.07, 6.45) is 5.75. The molecule has 0 saturated heterocycles. The average molecular weight is 272 g/mol. The maximum Gasteiger partial charge on any atom is 0.152 e. The van der Waals surface area contributed by atoms with Gasteiger partial charge in [-0.05, 0) is 30.5 Å². The molecular formula is C16H20N2O2. The van der Waals surface area contributed by atoms with E-state index < -0.39 is 0 Å². The first-order valence-corrected chi connectivity index (χ1v) is 6.86. The van der Waals surface area contributed by atoms with Crippen LogP contribution in [0.3, 0.4) is 0 Å². The first-order valence-electron chi connectivity index (χ1n) is 6.86. The average Bonchev–Trinajstić information content (AvgIpc) is 2.92. The zero-order valence-corrected chi connectivity index (χ0v) is 12.0. The van der Waals surface area contributed by atoms with Crippen molar-refractivity contribution in [3.05, 3.63) is 48.0 Å². The third-order valence-electron chi connectivity index (χ3n) is 3.36. The van der Waals surface area contributed by atoms with Crippen LogP contribution in [-0.2, 0) is 24.2 Å². The first-order chi connectivity index (χ1) is 9.72. The van der Waals surface area contributed by atoms with E-state index in [1.54, 1.807) is 13.4 Å². The molecule has 0 bridgehead atoms. The third kappa shape index (κ3) is 3.70. The molecule has 4 nitrogen and oxygen atoms in total. The predicted molar refractivity (Wildman–Crippen MR) is 77.9 cm³/mol. The molecule has 20 heavy (non-hydrogen) atoms. The number of aromatic nitrogens is 2. The summed E-state index contributed by atoms with van der Waals surface area (Å²) in [6, 6.07) is 7.84. The maximum atomic E-state index is 12.0. The molecule has 0 aliphatic carbocycles. The molecule has 2 aromatic rings. The van der Waals surface area contributed by atoms with Gasteiger partial charge in [0.05, 0.1) is 20.0 Å². The monoisotopic (exact) mass is 272 g/mol. The molecule has 1 aromatic carbocycles. The highest BCUT2D eigenvalue weighted by Gasteiger charge is 2.07. The molecule has 0 N–H and O–H groups in total. The number of Topliss-reactive ketones (excluding diaryl/α,β-unsaturated/α-hetero) is 1. The van der Waals surface area contributed by atoms with E-state index in [9.17, 15) is 4.79 Å². The van der Waals surface area contributed by atoms with Gasteiger partial charge in [0.15, 0.2) is 5.78 Å². The van der Waals surface area contributed by atoms with Crippen molar-refractivity contribution in [3.8, 4) is 5.75 Å². The SMILES string of the molecule is CCc1cncn1CC(=O)CCc1ccc(OC)cc1. The molecule has 0 amide bonds. The lowest BCUT2D eigenvalue weighted by molar-refractivity contribution is -0.119. The van der Waals surface area contributed by atoms with Gasteiger partial charge in [0.25, 0.3) is 0 Å². The van der Waals surface area contributed by atoms with Gasteiger partial charge in [-0.15, -0.1) is 0 Å². The van der Waals surface area contributed by atoms with Crippen LogP contribution >= 0.6 is 0 Å². The number of aryl methyl sites for hydroxylation is 2. The quantitative estimate of drug-likeness (QED) is 0.778. The maximum absolute atomic E-state index is 12.0. The minimum absolute atomic E-state index is 0.230. The van der Waals surface area contributed by atoms with Gasteiger partial charge in [-0.3, -0.25) is 4.79 Å². The summed E-state index contributed by atoms with van der Waals surface area (Å²) in [5.41, 5.74) is 2.25. The van der Waals surface area contributed by atoms with Crippen LogP contribution in [0.4, 0.5) is 0 Å². The van der Waals surface area contributed by atoms with Crippen LogP contribution in [0.2, 0.25) is 0 Å². The van der Waals surface area contributed by atoms with Crippen LogP contribution in [-0.4, -0.2) is 22.4 Å². The minimum atomic E-state index is 0.230. The molecule has 0 atom stereocenters. The lowest BCUT2D eigenvalue weighted by Gasteiger charge is -2.06. The van der Waals surface area contributed by atoms with E-state index in [0.29, 0.717) is 13.0 Å². The van der Waals surface area contributed by atoms with Crippen molar-refractivity contribution < 1.29 is 9.53 Å². The fraction of sp³-hybridized carbons (Fsp3) is 0.375. The largest absolute Gasteiger partial charge is 0.497 e. The standard InChI is InChI=1S/C16H20N2O2/c1-3-14-10-17-12-18(14)11-15(19)7-4-13-5-8-16(20-2)9-6-13/h5-6,8-10,12H,3-4,7,11H2,1-2H3. The summed E-state index contributed by atoms with van der Waals surface area (Å²) in [7, 11) is 1.65. The number of benzene rings is 1. The van der Waals surface area contributed by atoms with E-state index in [4.69, 9.17) is 4.74 Å². The molecule has 0 aliphatic rings. The Morgan fingerprint density at radius 3 is 2.70 bits per heavy atom. The number of nitrogens with zero attached hydrogens (tertiary/aromatic N) is 2. The Kier molecular flexibility index (Phi) is 4.93. The van der Waals surface area contributed by atoms with E-state index in [1.807, 2.05) is 35.0 Å². The van der Waals surface area contributed by atoms with E-state index in [1.165, 1.54) is 0 Å². The van der Waals surface area contributed by atoms with Crippen LogP contribution in [0.15, 0.2) is 36.8 Å². The number of ketones is 1. The van der Waals surface area contributed by atoms with Crippen LogP contribution < -0.4 is 4.74 Å². The van der Waals surface area contributed by atoms with Crippen molar-refractivity contribution in [2.75, 3.05) is 7.11 Å². The summed E-state index contributed by atoms with van der Waals surface area (Å²) in [5, 5.41) is 0. The molecule has 2 rings (SSSR count). The van der Waals surface area contributed by atoms with Crippen molar-refractivity contribution >= 4 is 5.78 Å². The molecule has 1 heterocycles. The summed E-state index contributed by atoms with van der Waals surface area (Å²) in [4.78, 5) is 16.1. The second-order valence-electron chi connectivity index (χ2n) is 4.75. The number of ether oxygens (including phenoxy) is 1. The van der Waals surface area contributed by atoms with E-state index >= 15 is 0 Å². The van der Waals surface area contributed by atoms with Gasteiger partial charge in [0.1, 0.15) is 5.75 Å². The van der Waals surface area contributed by atoms with E-state index in [-0.39, 0.29) is 5.78 Å². The third-order valence-corrected chi connectivity index (χ3v) is 3.36. The topological polar surface area (TPSA) is 44.1 Å². The Morgan fingerprint density at radius 1 is 1.30 bits per heavy atom. The van der Waals surface area contributed by atoms with Crippen molar-refractivity contribution in [2.24, 2.45) is 0 Å². The molecule has 0 aliphatic heterocycles. The van der Waals surface area contributed by atoms with Gasteiger partial charge in [-0.25, -0.2) is 4.98 Å². The van der Waals surface area contributed by atoms with Gasteiger partial charge in [0.2, 0.25) is 0 Å². The Bertz CT molecular complexity index is 558. The predicted octanol–water partition coefficient (Wildman–Crippen LogP) is 2.66. The number of carbonyl (C=O) groups is 1. The minimum Gasteiger partial charge on any atom is -0.497 e. The highest BCUT2D eigenvalue weighted by Crippen LogP contribution is 2.13. The molecular weight excluding hydrogens is 252 g/mol. The summed E-state index contributed by atoms with van der Waals surface area (Å²) in [6.45, 7) is 2.48. The van der Waals surface area contributed by atoms with Crippen LogP contribution in [0.1, 0.15) is 24.6 Å². The summed E-state index contributed by atoms with van der Waals surface area (Å²) in [5.74, 6) is 1.07. The first kappa shape index (κ1) is 14.3. The van der Waals surface area contributed by atoms with Gasteiger partial charge in [-0.1, -0.05) is 19.1 Å². The number of methoxy groups -OCH3 is 1. The van der Waals surface area contributed by atoms with Crippen LogP contribution in [0, 0.1) is 0 Å². The van der Waals surface area contributed by atoms with Gasteiger partial charge < -0.3 is 9.30 Å². The zero-order valence-electron chi connectivity index (χ0n) is 12.0. The van der Waals surface area contributed by atoms with Crippen molar-refractivity contribution in [2.45, 2.75) is 32.7 Å². The molecule has 0 spiro atoms. The normalized spacial score (nSPS) is 10.5. The lowest BCUT2D eigenvalue weighted by atomic mass is 10.1. The fourth-order valence-electron chi connectivity index (χ4n) is 2.13. The van der Waals surface area contributed by atoms with Crippen molar-refractivity contribution in [3.63, 3.8) is 0 Å². The molecule has 0 fully saturated rings. The molecule has 1 aromatic heterocycles. The number of rotatable bonds is 7. The van der Waals surface area contributed by atoms with Gasteiger partial charge >= 0.3 is 0 Å². The molecule has 4 heteroatoms. The molecule has 0 saturated carbocycles. The van der Waals surface area contributed by atoms with Crippen LogP contribution in [0.25, 0.3) is 0 Å². The highest BCUT2D eigenvalue weighted by atomic mass is 16.5. The Morgan fingerprint density at radius 2 is 2.05 bits per heavy atom. The smallest absolute Gasteiger partial charge is 0.152 e. The zero-order chi connectivity index (χ0) is 14.4. The fourth-order valence-corrected chi connectivity index (χ4v) is 2.13. The molecule has 106 valence electrons. The van der Waals surface area contributed by atoms with E-state index in [2.05, 4.69) is 11.9 Å². The second kappa shape index (κ2) is 6.89. The summed E-state index contributed by atoms with van der Waals surface area (Å²) < 4.78 is 7.04. The summed E-state index contributed by atoms with van der Waals surface area (Å²) >= 11 is 0. The number of hydrogen-bond donors (Lipinski definition) is 0. The van der Waals surface area contributed by atoms with Gasteiger partial charge in [0, 0.05) is 18.3 Å². The van der Waals surface area contributed by atoms with Crippen LogP contribution in [0.5, 0.6) is 5.75 Å².